The Kier molecular flexibility index (Phi) is 3.66. The molecule has 19 heavy (non-hydrogen) atoms. The molecule has 0 aliphatic heterocycles. The van der Waals surface area contributed by atoms with Crippen LogP contribution in [0.2, 0.25) is 5.28 Å². The number of hydrogen-bond donors (Lipinski definition) is 2. The molecular formula is C13H13ClN4O. The molecule has 0 bridgehead atoms. The zero-order chi connectivity index (χ0) is 14.0. The Morgan fingerprint density at radius 1 is 1.32 bits per heavy atom. The molecule has 0 unspecified atom stereocenters. The van der Waals surface area contributed by atoms with Crippen molar-refractivity contribution in [3.63, 3.8) is 0 Å². The van der Waals surface area contributed by atoms with E-state index in [-0.39, 0.29) is 11.2 Å². The standard InChI is InChI=1S/C13H13ClN4O/c1-7-5-8(2)10(15)6-9(7)12(19)17-11-3-4-16-13(14)18-11/h3-6H,15H2,1-2H3,(H,16,17,18,19). The van der Waals surface area contributed by atoms with Crippen LogP contribution in [-0.4, -0.2) is 15.9 Å². The van der Waals surface area contributed by atoms with Gasteiger partial charge in [-0.2, -0.15) is 0 Å². The largest absolute Gasteiger partial charge is 0.398 e. The summed E-state index contributed by atoms with van der Waals surface area (Å²) in [6.07, 6.45) is 1.47. The van der Waals surface area contributed by atoms with Gasteiger partial charge in [0.05, 0.1) is 0 Å². The van der Waals surface area contributed by atoms with Gasteiger partial charge in [-0.3, -0.25) is 4.79 Å². The fraction of sp³-hybridized carbons (Fsp3) is 0.154. The van der Waals surface area contributed by atoms with Gasteiger partial charge in [-0.15, -0.1) is 0 Å². The van der Waals surface area contributed by atoms with Crippen molar-refractivity contribution in [2.24, 2.45) is 0 Å². The predicted molar refractivity (Wildman–Crippen MR) is 75.3 cm³/mol. The van der Waals surface area contributed by atoms with Crippen molar-refractivity contribution in [2.75, 3.05) is 11.1 Å². The van der Waals surface area contributed by atoms with Crippen molar-refractivity contribution in [3.8, 4) is 0 Å². The lowest BCUT2D eigenvalue weighted by Gasteiger charge is -2.09. The van der Waals surface area contributed by atoms with Gasteiger partial charge in [0.2, 0.25) is 5.28 Å². The first-order chi connectivity index (χ1) is 8.97. The monoisotopic (exact) mass is 276 g/mol. The number of nitrogens with zero attached hydrogens (tertiary/aromatic N) is 2. The Balaban J connectivity index is 2.28. The van der Waals surface area contributed by atoms with Crippen LogP contribution in [0.1, 0.15) is 21.5 Å². The van der Waals surface area contributed by atoms with Gasteiger partial charge in [-0.1, -0.05) is 6.07 Å². The maximum absolute atomic E-state index is 12.1. The van der Waals surface area contributed by atoms with E-state index < -0.39 is 0 Å². The fourth-order valence-corrected chi connectivity index (χ4v) is 1.85. The number of rotatable bonds is 2. The first kappa shape index (κ1) is 13.3. The summed E-state index contributed by atoms with van der Waals surface area (Å²) in [5, 5.41) is 2.74. The maximum Gasteiger partial charge on any atom is 0.257 e. The average molecular weight is 277 g/mol. The molecule has 1 aromatic carbocycles. The molecule has 98 valence electrons. The molecule has 2 aromatic rings. The first-order valence-electron chi connectivity index (χ1n) is 5.64. The molecule has 5 nitrogen and oxygen atoms in total. The van der Waals surface area contributed by atoms with Crippen molar-refractivity contribution in [2.45, 2.75) is 13.8 Å². The number of carbonyl (C=O) groups excluding carboxylic acids is 1. The molecule has 3 N–H and O–H groups in total. The van der Waals surface area contributed by atoms with Gasteiger partial charge in [-0.05, 0) is 48.7 Å². The molecule has 0 aliphatic carbocycles. The third-order valence-electron chi connectivity index (χ3n) is 2.73. The highest BCUT2D eigenvalue weighted by Crippen LogP contribution is 2.19. The van der Waals surface area contributed by atoms with Crippen LogP contribution >= 0.6 is 11.6 Å². The Morgan fingerprint density at radius 2 is 2.05 bits per heavy atom. The van der Waals surface area contributed by atoms with Gasteiger partial charge < -0.3 is 11.1 Å². The fourth-order valence-electron chi connectivity index (χ4n) is 1.70. The van der Waals surface area contributed by atoms with Crippen LogP contribution in [0.25, 0.3) is 0 Å². The summed E-state index contributed by atoms with van der Waals surface area (Å²) in [5.41, 5.74) is 8.70. The summed E-state index contributed by atoms with van der Waals surface area (Å²) in [7, 11) is 0. The van der Waals surface area contributed by atoms with E-state index in [1.165, 1.54) is 6.20 Å². The molecular weight excluding hydrogens is 264 g/mol. The quantitative estimate of drug-likeness (QED) is 0.652. The van der Waals surface area contributed by atoms with Gasteiger partial charge in [0.25, 0.3) is 5.91 Å². The summed E-state index contributed by atoms with van der Waals surface area (Å²) < 4.78 is 0. The molecule has 0 saturated carbocycles. The molecule has 1 amide bonds. The van der Waals surface area contributed by atoms with E-state index in [1.807, 2.05) is 19.9 Å². The van der Waals surface area contributed by atoms with Gasteiger partial charge in [0.15, 0.2) is 0 Å². The van der Waals surface area contributed by atoms with Crippen molar-refractivity contribution >= 4 is 29.0 Å². The highest BCUT2D eigenvalue weighted by atomic mass is 35.5. The van der Waals surface area contributed by atoms with E-state index in [2.05, 4.69) is 15.3 Å². The smallest absolute Gasteiger partial charge is 0.257 e. The lowest BCUT2D eigenvalue weighted by molar-refractivity contribution is 0.102. The SMILES string of the molecule is Cc1cc(C)c(C(=O)Nc2ccnc(Cl)n2)cc1N. The minimum atomic E-state index is -0.279. The lowest BCUT2D eigenvalue weighted by atomic mass is 10.0. The molecule has 1 aromatic heterocycles. The number of carbonyl (C=O) groups is 1. The summed E-state index contributed by atoms with van der Waals surface area (Å²) in [6.45, 7) is 3.75. The highest BCUT2D eigenvalue weighted by molar-refractivity contribution is 6.28. The molecule has 0 aliphatic rings. The van der Waals surface area contributed by atoms with E-state index in [1.54, 1.807) is 12.1 Å². The molecule has 0 spiro atoms. The predicted octanol–water partition coefficient (Wildman–Crippen LogP) is 2.58. The van der Waals surface area contributed by atoms with E-state index in [0.717, 1.165) is 11.1 Å². The van der Waals surface area contributed by atoms with Crippen molar-refractivity contribution in [1.29, 1.82) is 0 Å². The van der Waals surface area contributed by atoms with Crippen LogP contribution in [0, 0.1) is 13.8 Å². The van der Waals surface area contributed by atoms with Gasteiger partial charge in [0.1, 0.15) is 5.82 Å². The van der Waals surface area contributed by atoms with Crippen LogP contribution < -0.4 is 11.1 Å². The van der Waals surface area contributed by atoms with Crippen LogP contribution in [0.3, 0.4) is 0 Å². The first-order valence-corrected chi connectivity index (χ1v) is 6.02. The second-order valence-corrected chi connectivity index (χ2v) is 4.53. The van der Waals surface area contributed by atoms with Gasteiger partial charge >= 0.3 is 0 Å². The topological polar surface area (TPSA) is 80.9 Å². The number of nitrogen functional groups attached to an aromatic ring is 1. The van der Waals surface area contributed by atoms with Crippen LogP contribution in [-0.2, 0) is 0 Å². The summed E-state index contributed by atoms with van der Waals surface area (Å²) in [4.78, 5) is 19.8. The van der Waals surface area contributed by atoms with Crippen molar-refractivity contribution in [3.05, 3.63) is 46.4 Å². The number of amides is 1. The van der Waals surface area contributed by atoms with Crippen LogP contribution in [0.5, 0.6) is 0 Å². The number of aromatic nitrogens is 2. The Labute approximate surface area is 115 Å². The second-order valence-electron chi connectivity index (χ2n) is 4.19. The molecule has 0 fully saturated rings. The number of aryl methyl sites for hydroxylation is 2. The number of hydrogen-bond acceptors (Lipinski definition) is 4. The molecule has 2 rings (SSSR count). The maximum atomic E-state index is 12.1. The molecule has 0 radical (unpaired) electrons. The zero-order valence-electron chi connectivity index (χ0n) is 10.6. The summed E-state index contributed by atoms with van der Waals surface area (Å²) >= 11 is 5.66. The normalized spacial score (nSPS) is 10.3. The van der Waals surface area contributed by atoms with E-state index in [4.69, 9.17) is 17.3 Å². The highest BCUT2D eigenvalue weighted by Gasteiger charge is 2.12. The summed E-state index contributed by atoms with van der Waals surface area (Å²) in [6, 6.07) is 5.09. The molecule has 0 atom stereocenters. The lowest BCUT2D eigenvalue weighted by Crippen LogP contribution is -2.15. The second kappa shape index (κ2) is 5.24. The Bertz CT molecular complexity index is 643. The zero-order valence-corrected chi connectivity index (χ0v) is 11.3. The Hall–Kier alpha value is -2.14. The van der Waals surface area contributed by atoms with E-state index >= 15 is 0 Å². The number of anilines is 2. The van der Waals surface area contributed by atoms with Gasteiger partial charge in [0, 0.05) is 17.4 Å². The van der Waals surface area contributed by atoms with Crippen LogP contribution in [0.4, 0.5) is 11.5 Å². The Morgan fingerprint density at radius 3 is 2.74 bits per heavy atom. The van der Waals surface area contributed by atoms with Crippen molar-refractivity contribution in [1.82, 2.24) is 9.97 Å². The minimum absolute atomic E-state index is 0.0814. The van der Waals surface area contributed by atoms with E-state index in [9.17, 15) is 4.79 Å². The van der Waals surface area contributed by atoms with Gasteiger partial charge in [-0.25, -0.2) is 9.97 Å². The number of halogens is 1. The average Bonchev–Trinajstić information content (AvgIpc) is 2.33. The van der Waals surface area contributed by atoms with Crippen molar-refractivity contribution < 1.29 is 4.79 Å². The third-order valence-corrected chi connectivity index (χ3v) is 2.91. The number of nitrogens with one attached hydrogen (secondary N) is 1. The third kappa shape index (κ3) is 3.00. The molecule has 6 heteroatoms. The number of nitrogens with two attached hydrogens (primary N) is 1. The minimum Gasteiger partial charge on any atom is -0.398 e. The molecule has 0 saturated heterocycles. The number of benzene rings is 1. The summed E-state index contributed by atoms with van der Waals surface area (Å²) in [5.74, 6) is 0.0718. The molecule has 1 heterocycles. The van der Waals surface area contributed by atoms with Crippen LogP contribution in [0.15, 0.2) is 24.4 Å². The van der Waals surface area contributed by atoms with E-state index in [0.29, 0.717) is 17.1 Å².